The van der Waals surface area contributed by atoms with E-state index in [4.69, 9.17) is 14.7 Å². The van der Waals surface area contributed by atoms with E-state index in [2.05, 4.69) is 5.32 Å². The second-order valence-corrected chi connectivity index (χ2v) is 5.37. The standard InChI is InChI=1S/C18H15N3O6/c1-11(17(22)20-14-5-3-4-12(8-14)10-19)27-18(23)13-6-7-16(26-2)15(9-13)21(24)25/h3-9,11H,1-2H3,(H,20,22)/t11-/m0/s1. The highest BCUT2D eigenvalue weighted by molar-refractivity contribution is 5.97. The molecule has 0 saturated carbocycles. The fourth-order valence-electron chi connectivity index (χ4n) is 2.15. The van der Waals surface area contributed by atoms with E-state index in [1.165, 1.54) is 32.2 Å². The molecule has 0 aliphatic heterocycles. The number of nitrogens with zero attached hydrogens (tertiary/aromatic N) is 2. The monoisotopic (exact) mass is 369 g/mol. The van der Waals surface area contributed by atoms with E-state index in [1.807, 2.05) is 6.07 Å². The minimum atomic E-state index is -1.16. The number of benzene rings is 2. The van der Waals surface area contributed by atoms with E-state index in [-0.39, 0.29) is 11.3 Å². The second-order valence-electron chi connectivity index (χ2n) is 5.37. The summed E-state index contributed by atoms with van der Waals surface area (Å²) in [5.41, 5.74) is 0.260. The van der Waals surface area contributed by atoms with Crippen molar-refractivity contribution in [3.8, 4) is 11.8 Å². The lowest BCUT2D eigenvalue weighted by Crippen LogP contribution is -2.30. The third kappa shape index (κ3) is 4.79. The van der Waals surface area contributed by atoms with Crippen LogP contribution < -0.4 is 10.1 Å². The number of esters is 1. The third-order valence-corrected chi connectivity index (χ3v) is 3.52. The molecule has 0 aliphatic rings. The summed E-state index contributed by atoms with van der Waals surface area (Å²) in [6.45, 7) is 1.36. The average Bonchev–Trinajstić information content (AvgIpc) is 2.67. The van der Waals surface area contributed by atoms with Gasteiger partial charge in [-0.15, -0.1) is 0 Å². The number of nitrogens with one attached hydrogen (secondary N) is 1. The molecule has 0 aliphatic carbocycles. The minimum absolute atomic E-state index is 0.000263. The van der Waals surface area contributed by atoms with Gasteiger partial charge in [-0.2, -0.15) is 5.26 Å². The van der Waals surface area contributed by atoms with Crippen molar-refractivity contribution in [2.24, 2.45) is 0 Å². The van der Waals surface area contributed by atoms with Crippen LogP contribution in [0.4, 0.5) is 11.4 Å². The number of anilines is 1. The maximum absolute atomic E-state index is 12.2. The summed E-state index contributed by atoms with van der Waals surface area (Å²) in [5, 5.41) is 22.4. The molecule has 1 N–H and O–H groups in total. The van der Waals surface area contributed by atoms with Crippen LogP contribution in [-0.2, 0) is 9.53 Å². The number of hydrogen-bond acceptors (Lipinski definition) is 7. The van der Waals surface area contributed by atoms with Crippen molar-refractivity contribution in [3.05, 3.63) is 63.7 Å². The molecule has 0 aromatic heterocycles. The zero-order valence-corrected chi connectivity index (χ0v) is 14.5. The molecule has 2 rings (SSSR count). The number of ether oxygens (including phenoxy) is 2. The van der Waals surface area contributed by atoms with Gasteiger partial charge in [0.25, 0.3) is 5.91 Å². The number of nitriles is 1. The molecule has 0 heterocycles. The van der Waals surface area contributed by atoms with Crippen LogP contribution in [0.2, 0.25) is 0 Å². The van der Waals surface area contributed by atoms with E-state index in [9.17, 15) is 19.7 Å². The number of nitro benzene ring substituents is 1. The first-order chi connectivity index (χ1) is 12.8. The molecule has 2 aromatic carbocycles. The van der Waals surface area contributed by atoms with Crippen LogP contribution in [-0.4, -0.2) is 30.0 Å². The summed E-state index contributed by atoms with van der Waals surface area (Å²) in [5.74, 6) is -1.50. The van der Waals surface area contributed by atoms with Crippen LogP contribution in [0, 0.1) is 21.4 Å². The highest BCUT2D eigenvalue weighted by Crippen LogP contribution is 2.27. The molecule has 27 heavy (non-hydrogen) atoms. The van der Waals surface area contributed by atoms with E-state index in [0.717, 1.165) is 6.07 Å². The molecule has 1 amide bonds. The van der Waals surface area contributed by atoms with Crippen molar-refractivity contribution in [2.45, 2.75) is 13.0 Å². The highest BCUT2D eigenvalue weighted by atomic mass is 16.6. The fourth-order valence-corrected chi connectivity index (χ4v) is 2.15. The Labute approximate surface area is 154 Å². The number of rotatable bonds is 6. The maximum atomic E-state index is 12.2. The Morgan fingerprint density at radius 3 is 2.63 bits per heavy atom. The number of hydrogen-bond donors (Lipinski definition) is 1. The quantitative estimate of drug-likeness (QED) is 0.470. The fraction of sp³-hybridized carbons (Fsp3) is 0.167. The summed E-state index contributed by atoms with van der Waals surface area (Å²) in [4.78, 5) is 34.7. The number of nitro groups is 1. The Balaban J connectivity index is 2.08. The Kier molecular flexibility index (Phi) is 6.06. The molecule has 0 radical (unpaired) electrons. The van der Waals surface area contributed by atoms with Crippen molar-refractivity contribution >= 4 is 23.3 Å². The summed E-state index contributed by atoms with van der Waals surface area (Å²) >= 11 is 0. The highest BCUT2D eigenvalue weighted by Gasteiger charge is 2.23. The zero-order chi connectivity index (χ0) is 20.0. The van der Waals surface area contributed by atoms with Gasteiger partial charge in [0.15, 0.2) is 11.9 Å². The molecule has 138 valence electrons. The van der Waals surface area contributed by atoms with Gasteiger partial charge in [0.1, 0.15) is 0 Å². The maximum Gasteiger partial charge on any atom is 0.339 e. The molecule has 9 nitrogen and oxygen atoms in total. The van der Waals surface area contributed by atoms with Crippen molar-refractivity contribution in [2.75, 3.05) is 12.4 Å². The third-order valence-electron chi connectivity index (χ3n) is 3.52. The number of carbonyl (C=O) groups is 2. The van der Waals surface area contributed by atoms with Crippen LogP contribution in [0.5, 0.6) is 5.75 Å². The Morgan fingerprint density at radius 2 is 2.00 bits per heavy atom. The van der Waals surface area contributed by atoms with E-state index in [1.54, 1.807) is 18.2 Å². The first-order valence-corrected chi connectivity index (χ1v) is 7.70. The summed E-state index contributed by atoms with van der Waals surface area (Å²) < 4.78 is 9.92. The van der Waals surface area contributed by atoms with E-state index < -0.39 is 28.6 Å². The molecule has 2 aromatic rings. The van der Waals surface area contributed by atoms with Gasteiger partial charge in [-0.25, -0.2) is 4.79 Å². The summed E-state index contributed by atoms with van der Waals surface area (Å²) in [7, 11) is 1.27. The van der Waals surface area contributed by atoms with Crippen molar-refractivity contribution in [1.82, 2.24) is 0 Å². The molecule has 0 saturated heterocycles. The Morgan fingerprint density at radius 1 is 1.26 bits per heavy atom. The van der Waals surface area contributed by atoms with Gasteiger partial charge < -0.3 is 14.8 Å². The lowest BCUT2D eigenvalue weighted by atomic mass is 10.2. The largest absolute Gasteiger partial charge is 0.490 e. The van der Waals surface area contributed by atoms with Gasteiger partial charge in [-0.3, -0.25) is 14.9 Å². The van der Waals surface area contributed by atoms with Crippen LogP contribution in [0.15, 0.2) is 42.5 Å². The van der Waals surface area contributed by atoms with Crippen molar-refractivity contribution < 1.29 is 24.0 Å². The topological polar surface area (TPSA) is 132 Å². The van der Waals surface area contributed by atoms with Crippen LogP contribution >= 0.6 is 0 Å². The number of amides is 1. The lowest BCUT2D eigenvalue weighted by Gasteiger charge is -2.14. The average molecular weight is 369 g/mol. The van der Waals surface area contributed by atoms with Gasteiger partial charge in [0.05, 0.1) is 29.2 Å². The van der Waals surface area contributed by atoms with Gasteiger partial charge in [0.2, 0.25) is 0 Å². The van der Waals surface area contributed by atoms with Crippen molar-refractivity contribution in [3.63, 3.8) is 0 Å². The lowest BCUT2D eigenvalue weighted by molar-refractivity contribution is -0.385. The SMILES string of the molecule is COc1ccc(C(=O)O[C@@H](C)C(=O)Nc2cccc(C#N)c2)cc1[N+](=O)[O-]. The van der Waals surface area contributed by atoms with Crippen molar-refractivity contribution in [1.29, 1.82) is 5.26 Å². The molecule has 1 atom stereocenters. The summed E-state index contributed by atoms with van der Waals surface area (Å²) in [6, 6.07) is 11.8. The predicted octanol–water partition coefficient (Wildman–Crippen LogP) is 2.66. The number of carbonyl (C=O) groups excluding carboxylic acids is 2. The number of methoxy groups -OCH3 is 1. The smallest absolute Gasteiger partial charge is 0.339 e. The summed E-state index contributed by atoms with van der Waals surface area (Å²) in [6.07, 6.45) is -1.16. The first kappa shape index (κ1) is 19.4. The van der Waals surface area contributed by atoms with Gasteiger partial charge in [-0.05, 0) is 37.3 Å². The molecule has 0 spiro atoms. The zero-order valence-electron chi connectivity index (χ0n) is 14.5. The molecule has 0 fully saturated rings. The normalized spacial score (nSPS) is 11.0. The second kappa shape index (κ2) is 8.44. The first-order valence-electron chi connectivity index (χ1n) is 7.70. The van der Waals surface area contributed by atoms with Crippen LogP contribution in [0.25, 0.3) is 0 Å². The van der Waals surface area contributed by atoms with E-state index in [0.29, 0.717) is 11.3 Å². The molecular weight excluding hydrogens is 354 g/mol. The predicted molar refractivity (Wildman–Crippen MR) is 94.3 cm³/mol. The Hall–Kier alpha value is -3.93. The molecular formula is C18H15N3O6. The van der Waals surface area contributed by atoms with Gasteiger partial charge >= 0.3 is 11.7 Å². The van der Waals surface area contributed by atoms with Crippen LogP contribution in [0.1, 0.15) is 22.8 Å². The van der Waals surface area contributed by atoms with Gasteiger partial charge in [-0.1, -0.05) is 6.07 Å². The minimum Gasteiger partial charge on any atom is -0.490 e. The van der Waals surface area contributed by atoms with Gasteiger partial charge in [0, 0.05) is 11.8 Å². The van der Waals surface area contributed by atoms with E-state index >= 15 is 0 Å². The Bertz CT molecular complexity index is 935. The van der Waals surface area contributed by atoms with Crippen LogP contribution in [0.3, 0.4) is 0 Å². The molecule has 0 unspecified atom stereocenters. The molecule has 9 heteroatoms. The molecule has 0 bridgehead atoms.